The van der Waals surface area contributed by atoms with Gasteiger partial charge in [0, 0.05) is 6.07 Å². The molecule has 1 radical (unpaired) electrons. The van der Waals surface area contributed by atoms with E-state index in [2.05, 4.69) is 4.42 Å². The zero-order valence-corrected chi connectivity index (χ0v) is 4.84. The Bertz CT molecular complexity index is 238. The van der Waals surface area contributed by atoms with Gasteiger partial charge in [-0.15, -0.1) is 0 Å². The summed E-state index contributed by atoms with van der Waals surface area (Å²) in [7, 11) is 0. The lowest BCUT2D eigenvalue weighted by Crippen LogP contribution is -1.96. The topological polar surface area (TPSA) is 50.4 Å². The molecule has 0 aromatic carbocycles. The Morgan fingerprint density at radius 1 is 1.78 bits per heavy atom. The first-order chi connectivity index (χ1) is 4.18. The van der Waals surface area contributed by atoms with Gasteiger partial charge in [0.25, 0.3) is 5.95 Å². The first-order valence-corrected chi connectivity index (χ1v) is 2.41. The Balaban J connectivity index is 3.33. The highest BCUT2D eigenvalue weighted by atomic mass is 16.5. The minimum Gasteiger partial charge on any atom is -0.480 e. The lowest BCUT2D eigenvalue weighted by Gasteiger charge is -1.89. The van der Waals surface area contributed by atoms with Crippen molar-refractivity contribution in [3.05, 3.63) is 28.1 Å². The number of aromatic hydroxyl groups is 1. The van der Waals surface area contributed by atoms with E-state index in [1.807, 2.05) is 6.07 Å². The van der Waals surface area contributed by atoms with E-state index < -0.39 is 5.95 Å². The summed E-state index contributed by atoms with van der Waals surface area (Å²) in [6.45, 7) is 1.58. The molecule has 0 fully saturated rings. The maximum atomic E-state index is 10.4. The lowest BCUT2D eigenvalue weighted by atomic mass is 10.4. The molecule has 0 bridgehead atoms. The van der Waals surface area contributed by atoms with E-state index in [4.69, 9.17) is 5.11 Å². The molecule has 0 saturated heterocycles. The fourth-order valence-electron chi connectivity index (χ4n) is 0.534. The smallest absolute Gasteiger partial charge is 0.294 e. The zero-order valence-electron chi connectivity index (χ0n) is 4.84. The predicted octanol–water partition coefficient (Wildman–Crippen LogP) is 0.454. The summed E-state index contributed by atoms with van der Waals surface area (Å²) in [5, 5.41) is 8.57. The van der Waals surface area contributed by atoms with Gasteiger partial charge in [-0.05, 0) is 6.92 Å². The van der Waals surface area contributed by atoms with Crippen LogP contribution in [0.3, 0.4) is 0 Å². The fourth-order valence-corrected chi connectivity index (χ4v) is 0.534. The molecule has 1 aromatic rings. The molecule has 3 nitrogen and oxygen atoms in total. The summed E-state index contributed by atoms with van der Waals surface area (Å²) >= 11 is 0. The summed E-state index contributed by atoms with van der Waals surface area (Å²) in [5.41, 5.74) is -0.365. The highest BCUT2D eigenvalue weighted by Crippen LogP contribution is 2.03. The number of hydrogen-bond acceptors (Lipinski definition) is 3. The molecule has 0 saturated carbocycles. The van der Waals surface area contributed by atoms with Crippen molar-refractivity contribution in [2.24, 2.45) is 0 Å². The molecule has 47 valence electrons. The van der Waals surface area contributed by atoms with Crippen LogP contribution in [0.5, 0.6) is 5.95 Å². The molecule has 1 heterocycles. The van der Waals surface area contributed by atoms with Crippen molar-refractivity contribution in [2.45, 2.75) is 6.92 Å². The third-order valence-electron chi connectivity index (χ3n) is 0.822. The standard InChI is InChI=1S/C6H5O3/c1-4-2-5(7)3-6(8)9-4/h2,8H,1H3. The van der Waals surface area contributed by atoms with Gasteiger partial charge in [-0.25, -0.2) is 0 Å². The fraction of sp³-hybridized carbons (Fsp3) is 0.167. The highest BCUT2D eigenvalue weighted by molar-refractivity contribution is 5.05. The Morgan fingerprint density at radius 3 is 2.89 bits per heavy atom. The van der Waals surface area contributed by atoms with Gasteiger partial charge in [0.15, 0.2) is 5.43 Å². The van der Waals surface area contributed by atoms with E-state index in [1.165, 1.54) is 6.07 Å². The summed E-state index contributed by atoms with van der Waals surface area (Å²) in [4.78, 5) is 10.4. The van der Waals surface area contributed by atoms with Crippen LogP contribution in [0.4, 0.5) is 0 Å². The van der Waals surface area contributed by atoms with Gasteiger partial charge in [-0.3, -0.25) is 4.79 Å². The lowest BCUT2D eigenvalue weighted by molar-refractivity contribution is 0.311. The first-order valence-electron chi connectivity index (χ1n) is 2.41. The molecule has 3 heteroatoms. The molecule has 1 aromatic heterocycles. The van der Waals surface area contributed by atoms with Gasteiger partial charge < -0.3 is 9.52 Å². The maximum Gasteiger partial charge on any atom is 0.294 e. The molecular formula is C6H5O3. The SMILES string of the molecule is Cc1cc(=O)[c]c(O)o1. The van der Waals surface area contributed by atoms with Gasteiger partial charge in [0.1, 0.15) is 11.8 Å². The number of aryl methyl sites for hydroxylation is 1. The van der Waals surface area contributed by atoms with Crippen molar-refractivity contribution in [2.75, 3.05) is 0 Å². The molecule has 0 spiro atoms. The molecule has 0 amide bonds. The van der Waals surface area contributed by atoms with E-state index in [0.717, 1.165) is 0 Å². The third kappa shape index (κ3) is 1.32. The summed E-state index contributed by atoms with van der Waals surface area (Å²) < 4.78 is 4.56. The number of rotatable bonds is 0. The highest BCUT2D eigenvalue weighted by Gasteiger charge is 1.93. The Hall–Kier alpha value is -1.25. The monoisotopic (exact) mass is 125 g/mol. The van der Waals surface area contributed by atoms with Gasteiger partial charge in [-0.1, -0.05) is 0 Å². The molecule has 1 rings (SSSR count). The normalized spacial score (nSPS) is 9.44. The van der Waals surface area contributed by atoms with Crippen molar-refractivity contribution >= 4 is 0 Å². The van der Waals surface area contributed by atoms with E-state index in [9.17, 15) is 4.79 Å². The molecule has 0 aliphatic heterocycles. The van der Waals surface area contributed by atoms with Crippen LogP contribution in [0.2, 0.25) is 0 Å². The predicted molar refractivity (Wildman–Crippen MR) is 30.2 cm³/mol. The maximum absolute atomic E-state index is 10.4. The zero-order chi connectivity index (χ0) is 6.85. The Kier molecular flexibility index (Phi) is 1.26. The molecule has 0 atom stereocenters. The molecule has 0 unspecified atom stereocenters. The minimum absolute atomic E-state index is 0.365. The summed E-state index contributed by atoms with van der Waals surface area (Å²) in [5.74, 6) is -0.0729. The quantitative estimate of drug-likeness (QED) is 0.547. The Morgan fingerprint density at radius 2 is 2.44 bits per heavy atom. The van der Waals surface area contributed by atoms with Crippen LogP contribution in [-0.2, 0) is 0 Å². The van der Waals surface area contributed by atoms with Crippen LogP contribution in [0.25, 0.3) is 0 Å². The minimum atomic E-state index is -0.458. The molecule has 0 aliphatic rings. The van der Waals surface area contributed by atoms with E-state index in [1.54, 1.807) is 6.92 Å². The van der Waals surface area contributed by atoms with Crippen molar-refractivity contribution in [3.63, 3.8) is 0 Å². The van der Waals surface area contributed by atoms with Gasteiger partial charge >= 0.3 is 0 Å². The van der Waals surface area contributed by atoms with Crippen LogP contribution >= 0.6 is 0 Å². The average Bonchev–Trinajstić information content (AvgIpc) is 1.59. The van der Waals surface area contributed by atoms with Crippen LogP contribution < -0.4 is 5.43 Å². The van der Waals surface area contributed by atoms with Crippen molar-refractivity contribution in [1.29, 1.82) is 0 Å². The van der Waals surface area contributed by atoms with Crippen LogP contribution in [0, 0.1) is 13.0 Å². The van der Waals surface area contributed by atoms with Crippen LogP contribution in [0.1, 0.15) is 5.76 Å². The van der Waals surface area contributed by atoms with Gasteiger partial charge in [-0.2, -0.15) is 0 Å². The molecular weight excluding hydrogens is 120 g/mol. The first kappa shape index (κ1) is 5.88. The second-order valence-corrected chi connectivity index (χ2v) is 1.65. The Labute approximate surface area is 51.6 Å². The molecule has 1 N–H and O–H groups in total. The van der Waals surface area contributed by atoms with Gasteiger partial charge in [0.2, 0.25) is 0 Å². The second kappa shape index (κ2) is 1.93. The van der Waals surface area contributed by atoms with E-state index in [0.29, 0.717) is 5.76 Å². The van der Waals surface area contributed by atoms with Crippen molar-refractivity contribution < 1.29 is 9.52 Å². The summed E-state index contributed by atoms with van der Waals surface area (Å²) in [6, 6.07) is 3.29. The average molecular weight is 125 g/mol. The third-order valence-corrected chi connectivity index (χ3v) is 0.822. The van der Waals surface area contributed by atoms with E-state index in [-0.39, 0.29) is 5.43 Å². The van der Waals surface area contributed by atoms with Crippen LogP contribution in [0.15, 0.2) is 15.3 Å². The van der Waals surface area contributed by atoms with E-state index >= 15 is 0 Å². The number of hydrogen-bond donors (Lipinski definition) is 1. The second-order valence-electron chi connectivity index (χ2n) is 1.65. The molecule has 0 aliphatic carbocycles. The van der Waals surface area contributed by atoms with Crippen molar-refractivity contribution in [3.8, 4) is 5.95 Å². The largest absolute Gasteiger partial charge is 0.480 e. The van der Waals surface area contributed by atoms with Gasteiger partial charge in [0.05, 0.1) is 0 Å². The van der Waals surface area contributed by atoms with Crippen LogP contribution in [-0.4, -0.2) is 5.11 Å². The van der Waals surface area contributed by atoms with Crippen molar-refractivity contribution in [1.82, 2.24) is 0 Å². The molecule has 9 heavy (non-hydrogen) atoms. The summed E-state index contributed by atoms with van der Waals surface area (Å²) in [6.07, 6.45) is 0.